The van der Waals surface area contributed by atoms with Gasteiger partial charge in [0.15, 0.2) is 0 Å². The first-order chi connectivity index (χ1) is 12.3. The lowest BCUT2D eigenvalue weighted by atomic mass is 10.1. The number of hydrogen-bond donors (Lipinski definition) is 1. The van der Waals surface area contributed by atoms with Crippen LogP contribution in [0.4, 0.5) is 0 Å². The Bertz CT molecular complexity index is 598. The SMILES string of the molecule is CCCCOc1ccc(CNCc2ccccc2)c(OCCCC)c1. The lowest BCUT2D eigenvalue weighted by Crippen LogP contribution is -2.14. The van der Waals surface area contributed by atoms with Crippen LogP contribution in [0.15, 0.2) is 48.5 Å². The van der Waals surface area contributed by atoms with Gasteiger partial charge in [0.25, 0.3) is 0 Å². The summed E-state index contributed by atoms with van der Waals surface area (Å²) in [7, 11) is 0. The zero-order valence-electron chi connectivity index (χ0n) is 15.6. The molecule has 0 bridgehead atoms. The van der Waals surface area contributed by atoms with Gasteiger partial charge in [-0.3, -0.25) is 0 Å². The third kappa shape index (κ3) is 7.18. The minimum absolute atomic E-state index is 0.751. The second-order valence-electron chi connectivity index (χ2n) is 6.26. The molecule has 0 heterocycles. The van der Waals surface area contributed by atoms with Crippen LogP contribution in [0.2, 0.25) is 0 Å². The van der Waals surface area contributed by atoms with Crippen molar-refractivity contribution in [2.24, 2.45) is 0 Å². The van der Waals surface area contributed by atoms with Gasteiger partial charge in [-0.1, -0.05) is 63.1 Å². The summed E-state index contributed by atoms with van der Waals surface area (Å²) in [5.74, 6) is 1.83. The maximum Gasteiger partial charge on any atom is 0.127 e. The average Bonchev–Trinajstić information content (AvgIpc) is 2.64. The fourth-order valence-corrected chi connectivity index (χ4v) is 2.50. The molecular formula is C22H31NO2. The Kier molecular flexibility index (Phi) is 8.92. The lowest BCUT2D eigenvalue weighted by Gasteiger charge is -2.14. The topological polar surface area (TPSA) is 30.5 Å². The molecule has 25 heavy (non-hydrogen) atoms. The monoisotopic (exact) mass is 341 g/mol. The Hall–Kier alpha value is -2.00. The lowest BCUT2D eigenvalue weighted by molar-refractivity contribution is 0.291. The number of hydrogen-bond acceptors (Lipinski definition) is 3. The maximum atomic E-state index is 6.01. The normalized spacial score (nSPS) is 10.6. The van der Waals surface area contributed by atoms with Crippen molar-refractivity contribution in [2.75, 3.05) is 13.2 Å². The van der Waals surface area contributed by atoms with E-state index in [0.717, 1.165) is 63.5 Å². The molecule has 3 nitrogen and oxygen atoms in total. The first kappa shape index (κ1) is 19.3. The van der Waals surface area contributed by atoms with E-state index in [0.29, 0.717) is 0 Å². The summed E-state index contributed by atoms with van der Waals surface area (Å²) in [6.07, 6.45) is 4.42. The Balaban J connectivity index is 1.95. The van der Waals surface area contributed by atoms with Gasteiger partial charge in [-0.15, -0.1) is 0 Å². The van der Waals surface area contributed by atoms with E-state index in [1.165, 1.54) is 11.1 Å². The summed E-state index contributed by atoms with van der Waals surface area (Å²) in [4.78, 5) is 0. The molecular weight excluding hydrogens is 310 g/mol. The average molecular weight is 341 g/mol. The Morgan fingerprint density at radius 1 is 0.800 bits per heavy atom. The zero-order chi connectivity index (χ0) is 17.7. The quantitative estimate of drug-likeness (QED) is 0.529. The highest BCUT2D eigenvalue weighted by Gasteiger charge is 2.07. The van der Waals surface area contributed by atoms with E-state index in [4.69, 9.17) is 9.47 Å². The van der Waals surface area contributed by atoms with Crippen LogP contribution >= 0.6 is 0 Å². The summed E-state index contributed by atoms with van der Waals surface area (Å²) in [5.41, 5.74) is 2.46. The van der Waals surface area contributed by atoms with Gasteiger partial charge < -0.3 is 14.8 Å². The molecule has 2 rings (SSSR count). The first-order valence-corrected chi connectivity index (χ1v) is 9.46. The fraction of sp³-hybridized carbons (Fsp3) is 0.455. The van der Waals surface area contributed by atoms with Gasteiger partial charge in [0.1, 0.15) is 11.5 Å². The van der Waals surface area contributed by atoms with Gasteiger partial charge in [0.2, 0.25) is 0 Å². The highest BCUT2D eigenvalue weighted by Crippen LogP contribution is 2.25. The number of rotatable bonds is 12. The van der Waals surface area contributed by atoms with Gasteiger partial charge in [0, 0.05) is 24.7 Å². The minimum atomic E-state index is 0.751. The van der Waals surface area contributed by atoms with E-state index in [1.54, 1.807) is 0 Å². The highest BCUT2D eigenvalue weighted by atomic mass is 16.5. The molecule has 0 saturated heterocycles. The second-order valence-corrected chi connectivity index (χ2v) is 6.26. The van der Waals surface area contributed by atoms with E-state index in [9.17, 15) is 0 Å². The van der Waals surface area contributed by atoms with Crippen LogP contribution in [0.25, 0.3) is 0 Å². The molecule has 0 saturated carbocycles. The zero-order valence-corrected chi connectivity index (χ0v) is 15.6. The molecule has 3 heteroatoms. The van der Waals surface area contributed by atoms with Gasteiger partial charge in [-0.05, 0) is 24.5 Å². The number of nitrogens with one attached hydrogen (secondary N) is 1. The van der Waals surface area contributed by atoms with Gasteiger partial charge in [0.05, 0.1) is 13.2 Å². The molecule has 0 aliphatic carbocycles. The summed E-state index contributed by atoms with van der Waals surface area (Å²) < 4.78 is 11.8. The van der Waals surface area contributed by atoms with Crippen molar-refractivity contribution >= 4 is 0 Å². The molecule has 0 aliphatic rings. The van der Waals surface area contributed by atoms with E-state index in [2.05, 4.69) is 49.5 Å². The van der Waals surface area contributed by atoms with Gasteiger partial charge >= 0.3 is 0 Å². The van der Waals surface area contributed by atoms with Crippen molar-refractivity contribution < 1.29 is 9.47 Å². The van der Waals surface area contributed by atoms with Crippen molar-refractivity contribution in [3.63, 3.8) is 0 Å². The Morgan fingerprint density at radius 2 is 1.52 bits per heavy atom. The second kappa shape index (κ2) is 11.5. The number of ether oxygens (including phenoxy) is 2. The maximum absolute atomic E-state index is 6.01. The van der Waals surface area contributed by atoms with Crippen LogP contribution < -0.4 is 14.8 Å². The molecule has 2 aromatic rings. The Morgan fingerprint density at radius 3 is 2.24 bits per heavy atom. The minimum Gasteiger partial charge on any atom is -0.493 e. The number of unbranched alkanes of at least 4 members (excludes halogenated alkanes) is 2. The van der Waals surface area contributed by atoms with Crippen molar-refractivity contribution in [1.29, 1.82) is 0 Å². The smallest absolute Gasteiger partial charge is 0.127 e. The molecule has 0 aliphatic heterocycles. The van der Waals surface area contributed by atoms with Crippen LogP contribution in [0.1, 0.15) is 50.7 Å². The van der Waals surface area contributed by atoms with Crippen LogP contribution in [0.5, 0.6) is 11.5 Å². The molecule has 0 unspecified atom stereocenters. The summed E-state index contributed by atoms with van der Waals surface area (Å²) in [6.45, 7) is 7.49. The van der Waals surface area contributed by atoms with E-state index in [-0.39, 0.29) is 0 Å². The van der Waals surface area contributed by atoms with E-state index >= 15 is 0 Å². The van der Waals surface area contributed by atoms with Crippen LogP contribution in [0.3, 0.4) is 0 Å². The standard InChI is InChI=1S/C22H31NO2/c1-3-5-14-24-21-13-12-20(22(16-21)25-15-6-4-2)18-23-17-19-10-8-7-9-11-19/h7-13,16,23H,3-6,14-15,17-18H2,1-2H3. The van der Waals surface area contributed by atoms with Crippen LogP contribution in [-0.2, 0) is 13.1 Å². The number of benzene rings is 2. The highest BCUT2D eigenvalue weighted by molar-refractivity contribution is 5.40. The van der Waals surface area contributed by atoms with E-state index < -0.39 is 0 Å². The molecule has 0 aromatic heterocycles. The predicted octanol–water partition coefficient (Wildman–Crippen LogP) is 5.33. The van der Waals surface area contributed by atoms with Crippen molar-refractivity contribution in [1.82, 2.24) is 5.32 Å². The van der Waals surface area contributed by atoms with Gasteiger partial charge in [-0.2, -0.15) is 0 Å². The molecule has 0 spiro atoms. The summed E-state index contributed by atoms with van der Waals surface area (Å²) in [5, 5.41) is 3.50. The molecule has 136 valence electrons. The third-order valence-corrected chi connectivity index (χ3v) is 4.05. The van der Waals surface area contributed by atoms with Gasteiger partial charge in [-0.25, -0.2) is 0 Å². The van der Waals surface area contributed by atoms with Crippen LogP contribution in [-0.4, -0.2) is 13.2 Å². The van der Waals surface area contributed by atoms with Crippen LogP contribution in [0, 0.1) is 0 Å². The first-order valence-electron chi connectivity index (χ1n) is 9.46. The van der Waals surface area contributed by atoms with Crippen molar-refractivity contribution in [2.45, 2.75) is 52.6 Å². The molecule has 1 N–H and O–H groups in total. The largest absolute Gasteiger partial charge is 0.493 e. The van der Waals surface area contributed by atoms with E-state index in [1.807, 2.05) is 18.2 Å². The molecule has 2 aromatic carbocycles. The third-order valence-electron chi connectivity index (χ3n) is 4.05. The fourth-order valence-electron chi connectivity index (χ4n) is 2.50. The predicted molar refractivity (Wildman–Crippen MR) is 104 cm³/mol. The molecule has 0 amide bonds. The molecule has 0 fully saturated rings. The Labute approximate surface area is 152 Å². The summed E-state index contributed by atoms with van der Waals surface area (Å²) >= 11 is 0. The molecule has 0 radical (unpaired) electrons. The molecule has 0 atom stereocenters. The van der Waals surface area contributed by atoms with Crippen molar-refractivity contribution in [3.05, 3.63) is 59.7 Å². The summed E-state index contributed by atoms with van der Waals surface area (Å²) in [6, 6.07) is 16.6. The van der Waals surface area contributed by atoms with Crippen molar-refractivity contribution in [3.8, 4) is 11.5 Å².